The van der Waals surface area contributed by atoms with Gasteiger partial charge in [0.1, 0.15) is 5.75 Å². The van der Waals surface area contributed by atoms with Crippen molar-refractivity contribution in [1.82, 2.24) is 10.2 Å². The van der Waals surface area contributed by atoms with Crippen LogP contribution in [0.3, 0.4) is 0 Å². The highest BCUT2D eigenvalue weighted by Crippen LogP contribution is 2.26. The van der Waals surface area contributed by atoms with Crippen molar-refractivity contribution in [3.05, 3.63) is 51.9 Å². The maximum atomic E-state index is 10.7. The van der Waals surface area contributed by atoms with Crippen LogP contribution in [-0.4, -0.2) is 27.5 Å². The number of hydrogen-bond donors (Lipinski definition) is 0. The van der Waals surface area contributed by atoms with E-state index in [1.807, 2.05) is 17.5 Å². The smallest absolute Gasteiger partial charge is 0.277 e. The molecule has 7 nitrogen and oxygen atoms in total. The first-order chi connectivity index (χ1) is 11.2. The molecule has 0 saturated carbocycles. The number of nitro benzene ring substituents is 1. The van der Waals surface area contributed by atoms with Crippen molar-refractivity contribution in [2.75, 3.05) is 12.4 Å². The average molecular weight is 349 g/mol. The summed E-state index contributed by atoms with van der Waals surface area (Å²) in [5.41, 5.74) is 0.00708. The predicted octanol–water partition coefficient (Wildman–Crippen LogP) is 3.88. The van der Waals surface area contributed by atoms with Crippen molar-refractivity contribution in [1.29, 1.82) is 0 Å². The Morgan fingerprint density at radius 3 is 3.00 bits per heavy atom. The fourth-order valence-corrected chi connectivity index (χ4v) is 2.97. The summed E-state index contributed by atoms with van der Waals surface area (Å²) in [5, 5.41) is 21.0. The van der Waals surface area contributed by atoms with Crippen LogP contribution >= 0.6 is 23.1 Å². The molecule has 2 aromatic heterocycles. The van der Waals surface area contributed by atoms with E-state index in [0.29, 0.717) is 29.2 Å². The molecule has 9 heteroatoms. The van der Waals surface area contributed by atoms with Gasteiger partial charge in [-0.05, 0) is 17.5 Å². The molecule has 0 atom stereocenters. The van der Waals surface area contributed by atoms with Crippen molar-refractivity contribution in [2.45, 2.75) is 5.22 Å². The number of nitro groups is 1. The van der Waals surface area contributed by atoms with E-state index in [1.165, 1.54) is 35.2 Å². The Labute approximate surface area is 139 Å². The van der Waals surface area contributed by atoms with Gasteiger partial charge in [-0.2, -0.15) is 0 Å². The molecule has 2 heterocycles. The fourth-order valence-electron chi connectivity index (χ4n) is 1.74. The summed E-state index contributed by atoms with van der Waals surface area (Å²) in [4.78, 5) is 11.2. The molecule has 3 rings (SSSR count). The first kappa shape index (κ1) is 15.5. The van der Waals surface area contributed by atoms with Crippen molar-refractivity contribution in [2.24, 2.45) is 0 Å². The Morgan fingerprint density at radius 1 is 1.30 bits per heavy atom. The maximum Gasteiger partial charge on any atom is 0.277 e. The van der Waals surface area contributed by atoms with Crippen LogP contribution in [0.4, 0.5) is 5.69 Å². The van der Waals surface area contributed by atoms with Gasteiger partial charge in [-0.25, -0.2) is 0 Å². The second-order valence-corrected chi connectivity index (χ2v) is 6.30. The molecule has 1 aromatic carbocycles. The van der Waals surface area contributed by atoms with Gasteiger partial charge in [0.05, 0.1) is 22.5 Å². The highest BCUT2D eigenvalue weighted by Gasteiger charge is 2.10. The molecule has 0 radical (unpaired) electrons. The number of benzene rings is 1. The molecule has 0 spiro atoms. The monoisotopic (exact) mass is 349 g/mol. The quantitative estimate of drug-likeness (QED) is 0.277. The highest BCUT2D eigenvalue weighted by atomic mass is 32.2. The lowest BCUT2D eigenvalue weighted by Gasteiger charge is -2.04. The standard InChI is InChI=1S/C14H11N3O4S2/c18-17(19)10-3-1-4-11(9-10)20-6-8-23-14-16-15-13(21-14)12-5-2-7-22-12/h1-5,7,9H,6,8H2. The summed E-state index contributed by atoms with van der Waals surface area (Å²) in [6.07, 6.45) is 0. The lowest BCUT2D eigenvalue weighted by atomic mass is 10.3. The molecule has 0 unspecified atom stereocenters. The van der Waals surface area contributed by atoms with Gasteiger partial charge >= 0.3 is 0 Å². The van der Waals surface area contributed by atoms with Crippen LogP contribution in [0.2, 0.25) is 0 Å². The summed E-state index contributed by atoms with van der Waals surface area (Å²) in [6.45, 7) is 0.378. The molecule has 0 saturated heterocycles. The SMILES string of the molecule is O=[N+]([O-])c1cccc(OCCSc2nnc(-c3cccs3)o2)c1. The minimum Gasteiger partial charge on any atom is -0.492 e. The van der Waals surface area contributed by atoms with Crippen LogP contribution in [0.5, 0.6) is 5.75 Å². The van der Waals surface area contributed by atoms with E-state index in [9.17, 15) is 10.1 Å². The molecule has 23 heavy (non-hydrogen) atoms. The van der Waals surface area contributed by atoms with Crippen LogP contribution in [-0.2, 0) is 0 Å². The minimum absolute atomic E-state index is 0.00708. The lowest BCUT2D eigenvalue weighted by molar-refractivity contribution is -0.384. The number of ether oxygens (including phenoxy) is 1. The molecule has 3 aromatic rings. The Kier molecular flexibility index (Phi) is 4.89. The van der Waals surface area contributed by atoms with E-state index in [4.69, 9.17) is 9.15 Å². The fraction of sp³-hybridized carbons (Fsp3) is 0.143. The largest absolute Gasteiger partial charge is 0.492 e. The third kappa shape index (κ3) is 4.08. The number of nitrogens with zero attached hydrogens (tertiary/aromatic N) is 3. The third-order valence-electron chi connectivity index (χ3n) is 2.74. The number of hydrogen-bond acceptors (Lipinski definition) is 8. The molecule has 0 aliphatic heterocycles. The molecule has 0 fully saturated rings. The first-order valence-corrected chi connectivity index (χ1v) is 8.46. The summed E-state index contributed by atoms with van der Waals surface area (Å²) < 4.78 is 11.0. The zero-order valence-electron chi connectivity index (χ0n) is 11.7. The number of aromatic nitrogens is 2. The average Bonchev–Trinajstić information content (AvgIpc) is 3.23. The topological polar surface area (TPSA) is 91.3 Å². The minimum atomic E-state index is -0.452. The zero-order valence-corrected chi connectivity index (χ0v) is 13.4. The Hall–Kier alpha value is -2.39. The molecule has 0 aliphatic rings. The van der Waals surface area contributed by atoms with E-state index >= 15 is 0 Å². The van der Waals surface area contributed by atoms with Crippen molar-refractivity contribution < 1.29 is 14.1 Å². The van der Waals surface area contributed by atoms with Gasteiger partial charge in [-0.1, -0.05) is 23.9 Å². The van der Waals surface area contributed by atoms with Gasteiger partial charge in [0.25, 0.3) is 16.8 Å². The molecule has 0 N–H and O–H groups in total. The van der Waals surface area contributed by atoms with Crippen molar-refractivity contribution in [3.63, 3.8) is 0 Å². The van der Waals surface area contributed by atoms with Crippen LogP contribution in [0.15, 0.2) is 51.4 Å². The highest BCUT2D eigenvalue weighted by molar-refractivity contribution is 7.99. The van der Waals surface area contributed by atoms with Crippen molar-refractivity contribution >= 4 is 28.8 Å². The third-order valence-corrected chi connectivity index (χ3v) is 4.39. The van der Waals surface area contributed by atoms with Gasteiger partial charge in [0.15, 0.2) is 0 Å². The van der Waals surface area contributed by atoms with E-state index in [2.05, 4.69) is 10.2 Å². The Balaban J connectivity index is 1.48. The lowest BCUT2D eigenvalue weighted by Crippen LogP contribution is -2.00. The molecule has 118 valence electrons. The number of thiophene rings is 1. The second-order valence-electron chi connectivity index (χ2n) is 4.30. The van der Waals surface area contributed by atoms with Crippen LogP contribution in [0, 0.1) is 10.1 Å². The zero-order chi connectivity index (χ0) is 16.1. The molecule has 0 aliphatic carbocycles. The Morgan fingerprint density at radius 2 is 2.22 bits per heavy atom. The molecular formula is C14H11N3O4S2. The van der Waals surface area contributed by atoms with Crippen LogP contribution in [0.25, 0.3) is 10.8 Å². The van der Waals surface area contributed by atoms with Crippen LogP contribution < -0.4 is 4.74 Å². The summed E-state index contributed by atoms with van der Waals surface area (Å²) >= 11 is 2.91. The Bertz CT molecular complexity index is 789. The van der Waals surface area contributed by atoms with Gasteiger partial charge in [-0.15, -0.1) is 21.5 Å². The van der Waals surface area contributed by atoms with Gasteiger partial charge in [0.2, 0.25) is 0 Å². The first-order valence-electron chi connectivity index (χ1n) is 6.60. The van der Waals surface area contributed by atoms with Crippen molar-refractivity contribution in [3.8, 4) is 16.5 Å². The molecular weight excluding hydrogens is 338 g/mol. The van der Waals surface area contributed by atoms with Crippen LogP contribution in [0.1, 0.15) is 0 Å². The summed E-state index contributed by atoms with van der Waals surface area (Å²) in [7, 11) is 0. The van der Waals surface area contributed by atoms with Gasteiger partial charge in [0, 0.05) is 11.8 Å². The summed E-state index contributed by atoms with van der Waals surface area (Å²) in [6, 6.07) is 9.92. The maximum absolute atomic E-state index is 10.7. The van der Waals surface area contributed by atoms with E-state index in [-0.39, 0.29) is 5.69 Å². The van der Waals surface area contributed by atoms with E-state index in [1.54, 1.807) is 12.1 Å². The molecule has 0 bridgehead atoms. The number of rotatable bonds is 7. The van der Waals surface area contributed by atoms with Gasteiger partial charge < -0.3 is 9.15 Å². The predicted molar refractivity (Wildman–Crippen MR) is 86.9 cm³/mol. The number of thioether (sulfide) groups is 1. The van der Waals surface area contributed by atoms with E-state index < -0.39 is 4.92 Å². The van der Waals surface area contributed by atoms with Gasteiger partial charge in [-0.3, -0.25) is 10.1 Å². The normalized spacial score (nSPS) is 10.6. The molecule has 0 amide bonds. The van der Waals surface area contributed by atoms with E-state index in [0.717, 1.165) is 4.88 Å². The summed E-state index contributed by atoms with van der Waals surface area (Å²) in [5.74, 6) is 1.56. The second kappa shape index (κ2) is 7.25. The number of non-ortho nitro benzene ring substituents is 1.